The number of benzene rings is 1. The van der Waals surface area contributed by atoms with Gasteiger partial charge in [0.25, 0.3) is 5.56 Å². The maximum atomic E-state index is 13.2. The van der Waals surface area contributed by atoms with Gasteiger partial charge in [-0.05, 0) is 12.5 Å². The zero-order valence-electron chi connectivity index (χ0n) is 17.5. The fourth-order valence-corrected chi connectivity index (χ4v) is 3.76. The SMILES string of the molecule is Cc1cccc(CN(O)[C@@]2(O)[C@H](O)[C@@H](CO)O[C@]2(O)n2cc(C(C)CF)c(=O)[nH]c2=O)c1. The van der Waals surface area contributed by atoms with Crippen molar-refractivity contribution in [1.29, 1.82) is 0 Å². The van der Waals surface area contributed by atoms with E-state index < -0.39 is 60.8 Å². The van der Waals surface area contributed by atoms with Gasteiger partial charge in [0.2, 0.25) is 5.72 Å². The third kappa shape index (κ3) is 3.79. The number of aromatic nitrogens is 2. The molecule has 2 heterocycles. The summed E-state index contributed by atoms with van der Waals surface area (Å²) in [5.74, 6) is -4.16. The summed E-state index contributed by atoms with van der Waals surface area (Å²) >= 11 is 0. The fraction of sp³-hybridized carbons (Fsp3) is 0.500. The number of rotatable bonds is 7. The van der Waals surface area contributed by atoms with Crippen LogP contribution in [-0.4, -0.2) is 71.5 Å². The molecule has 1 saturated heterocycles. The molecule has 0 spiro atoms. The number of hydrogen-bond donors (Lipinski definition) is 6. The van der Waals surface area contributed by atoms with Gasteiger partial charge in [0.1, 0.15) is 12.2 Å². The van der Waals surface area contributed by atoms with Crippen LogP contribution in [0, 0.1) is 6.92 Å². The Balaban J connectivity index is 2.16. The van der Waals surface area contributed by atoms with Crippen LogP contribution in [0.25, 0.3) is 0 Å². The molecule has 0 aliphatic carbocycles. The van der Waals surface area contributed by atoms with Crippen LogP contribution in [0.5, 0.6) is 0 Å². The van der Waals surface area contributed by atoms with Gasteiger partial charge in [-0.3, -0.25) is 14.2 Å². The topological polar surface area (TPSA) is 168 Å². The molecule has 1 unspecified atom stereocenters. The number of aryl methyl sites for hydroxylation is 1. The Morgan fingerprint density at radius 2 is 2.03 bits per heavy atom. The Labute approximate surface area is 181 Å². The summed E-state index contributed by atoms with van der Waals surface area (Å²) in [6.45, 7) is 0.860. The Morgan fingerprint density at radius 3 is 2.62 bits per heavy atom. The van der Waals surface area contributed by atoms with Gasteiger partial charge in [-0.25, -0.2) is 9.36 Å². The Hall–Kier alpha value is -2.45. The molecule has 11 nitrogen and oxygen atoms in total. The summed E-state index contributed by atoms with van der Waals surface area (Å²) in [6, 6.07) is 6.76. The lowest BCUT2D eigenvalue weighted by Crippen LogP contribution is -2.68. The van der Waals surface area contributed by atoms with Crippen molar-refractivity contribution in [2.45, 2.75) is 50.2 Å². The van der Waals surface area contributed by atoms with E-state index >= 15 is 0 Å². The molecule has 0 saturated carbocycles. The van der Waals surface area contributed by atoms with Crippen LogP contribution in [0.3, 0.4) is 0 Å². The van der Waals surface area contributed by atoms with Gasteiger partial charge in [0.05, 0.1) is 19.8 Å². The molecule has 32 heavy (non-hydrogen) atoms. The van der Waals surface area contributed by atoms with Crippen LogP contribution in [0.15, 0.2) is 40.1 Å². The smallest absolute Gasteiger partial charge is 0.332 e. The highest BCUT2D eigenvalue weighted by Crippen LogP contribution is 2.43. The highest BCUT2D eigenvalue weighted by atomic mass is 19.1. The molecule has 0 amide bonds. The summed E-state index contributed by atoms with van der Waals surface area (Å²) in [7, 11) is 0. The van der Waals surface area contributed by atoms with Crippen molar-refractivity contribution in [3.05, 3.63) is 68.0 Å². The molecule has 3 rings (SSSR count). The van der Waals surface area contributed by atoms with Gasteiger partial charge in [-0.1, -0.05) is 36.8 Å². The zero-order valence-corrected chi connectivity index (χ0v) is 17.5. The third-order valence-corrected chi connectivity index (χ3v) is 5.61. The summed E-state index contributed by atoms with van der Waals surface area (Å²) < 4.78 is 18.8. The van der Waals surface area contributed by atoms with E-state index in [-0.39, 0.29) is 10.6 Å². The first kappa shape index (κ1) is 24.2. The highest BCUT2D eigenvalue weighted by Gasteiger charge is 2.70. The summed E-state index contributed by atoms with van der Waals surface area (Å²) in [5, 5.41) is 53.8. The number of ether oxygens (including phenoxy) is 1. The lowest BCUT2D eigenvalue weighted by molar-refractivity contribution is -0.413. The number of nitrogens with zero attached hydrogens (tertiary/aromatic N) is 2. The standard InChI is InChI=1S/C20H26FN3O8/c1-11-4-3-5-13(6-11)8-24(31)19(29)16(26)15(10-25)32-20(19,30)23-9-14(12(2)7-21)17(27)22-18(23)28/h3-6,9,12,15-16,25-26,29-31H,7-8,10H2,1-2H3,(H,22,27,28)/t12?,15-,16-,19-,20+/m1/s1. The van der Waals surface area contributed by atoms with E-state index in [2.05, 4.69) is 0 Å². The van der Waals surface area contributed by atoms with Gasteiger partial charge in [0.15, 0.2) is 0 Å². The number of H-pyrrole nitrogens is 1. The van der Waals surface area contributed by atoms with E-state index in [1.54, 1.807) is 31.2 Å². The van der Waals surface area contributed by atoms with Crippen molar-refractivity contribution < 1.29 is 34.8 Å². The van der Waals surface area contributed by atoms with Crippen LogP contribution in [0.4, 0.5) is 4.39 Å². The maximum Gasteiger partial charge on any atom is 0.332 e. The van der Waals surface area contributed by atoms with E-state index in [0.717, 1.165) is 11.8 Å². The molecule has 1 aromatic heterocycles. The minimum absolute atomic E-state index is 0.178. The highest BCUT2D eigenvalue weighted by molar-refractivity contribution is 5.22. The van der Waals surface area contributed by atoms with Crippen molar-refractivity contribution >= 4 is 0 Å². The molecule has 0 radical (unpaired) electrons. The normalized spacial score (nSPS) is 28.9. The molecule has 1 fully saturated rings. The second-order valence-corrected chi connectivity index (χ2v) is 7.93. The predicted octanol–water partition coefficient (Wildman–Crippen LogP) is -1.15. The monoisotopic (exact) mass is 455 g/mol. The fourth-order valence-electron chi connectivity index (χ4n) is 3.76. The third-order valence-electron chi connectivity index (χ3n) is 5.61. The number of nitrogens with one attached hydrogen (secondary N) is 1. The average molecular weight is 455 g/mol. The lowest BCUT2D eigenvalue weighted by Gasteiger charge is -2.42. The van der Waals surface area contributed by atoms with E-state index in [0.29, 0.717) is 10.1 Å². The van der Waals surface area contributed by atoms with Crippen molar-refractivity contribution in [3.63, 3.8) is 0 Å². The molecule has 2 aromatic rings. The molecule has 6 N–H and O–H groups in total. The largest absolute Gasteiger partial charge is 0.394 e. The van der Waals surface area contributed by atoms with Gasteiger partial charge in [-0.2, -0.15) is 0 Å². The van der Waals surface area contributed by atoms with E-state index in [9.17, 15) is 39.6 Å². The maximum absolute atomic E-state index is 13.2. The molecular formula is C20H26FN3O8. The Bertz CT molecular complexity index is 1090. The van der Waals surface area contributed by atoms with E-state index in [1.807, 2.05) is 4.98 Å². The molecule has 1 aliphatic heterocycles. The van der Waals surface area contributed by atoms with Gasteiger partial charge < -0.3 is 30.4 Å². The Morgan fingerprint density at radius 1 is 1.34 bits per heavy atom. The van der Waals surface area contributed by atoms with Crippen LogP contribution < -0.4 is 11.2 Å². The average Bonchev–Trinajstić information content (AvgIpc) is 2.95. The molecule has 12 heteroatoms. The van der Waals surface area contributed by atoms with Crippen molar-refractivity contribution in [2.24, 2.45) is 0 Å². The quantitative estimate of drug-likeness (QED) is 0.223. The zero-order chi connectivity index (χ0) is 23.8. The first-order chi connectivity index (χ1) is 15.0. The molecular weight excluding hydrogens is 429 g/mol. The van der Waals surface area contributed by atoms with Crippen LogP contribution in [0.1, 0.15) is 29.5 Å². The number of hydrogen-bond acceptors (Lipinski definition) is 9. The van der Waals surface area contributed by atoms with Gasteiger partial charge in [0, 0.05) is 17.7 Å². The van der Waals surface area contributed by atoms with Crippen LogP contribution in [-0.2, 0) is 17.2 Å². The number of aromatic amines is 1. The molecule has 5 atom stereocenters. The number of aliphatic hydroxyl groups excluding tert-OH is 2. The number of alkyl halides is 1. The lowest BCUT2D eigenvalue weighted by atomic mass is 9.99. The van der Waals surface area contributed by atoms with Crippen molar-refractivity contribution in [2.75, 3.05) is 13.3 Å². The second-order valence-electron chi connectivity index (χ2n) is 7.93. The summed E-state index contributed by atoms with van der Waals surface area (Å²) in [4.78, 5) is 26.5. The predicted molar refractivity (Wildman–Crippen MR) is 107 cm³/mol. The van der Waals surface area contributed by atoms with E-state index in [4.69, 9.17) is 4.74 Å². The second kappa shape index (κ2) is 8.83. The molecule has 176 valence electrons. The Kier molecular flexibility index (Phi) is 6.67. The number of aliphatic hydroxyl groups is 4. The molecule has 0 bridgehead atoms. The minimum atomic E-state index is -3.18. The van der Waals surface area contributed by atoms with Crippen molar-refractivity contribution in [3.8, 4) is 0 Å². The van der Waals surface area contributed by atoms with Crippen LogP contribution >= 0.6 is 0 Å². The van der Waals surface area contributed by atoms with Crippen LogP contribution in [0.2, 0.25) is 0 Å². The number of halogens is 1. The van der Waals surface area contributed by atoms with Gasteiger partial charge >= 0.3 is 11.6 Å². The van der Waals surface area contributed by atoms with Gasteiger partial charge in [-0.15, -0.1) is 5.06 Å². The number of hydroxylamine groups is 2. The molecule has 1 aromatic carbocycles. The van der Waals surface area contributed by atoms with E-state index in [1.165, 1.54) is 6.92 Å². The van der Waals surface area contributed by atoms with Crippen molar-refractivity contribution in [1.82, 2.24) is 14.6 Å². The first-order valence-corrected chi connectivity index (χ1v) is 9.85. The minimum Gasteiger partial charge on any atom is -0.394 e. The summed E-state index contributed by atoms with van der Waals surface area (Å²) in [6.07, 6.45) is -2.95. The summed E-state index contributed by atoms with van der Waals surface area (Å²) in [5.41, 5.74) is -4.21. The molecule has 1 aliphatic rings. The first-order valence-electron chi connectivity index (χ1n) is 9.85.